The third-order valence-corrected chi connectivity index (χ3v) is 12.0. The first kappa shape index (κ1) is 33.4. The van der Waals surface area contributed by atoms with Crippen molar-refractivity contribution in [1.29, 1.82) is 0 Å². The van der Waals surface area contributed by atoms with Gasteiger partial charge in [0.1, 0.15) is 11.2 Å². The van der Waals surface area contributed by atoms with Gasteiger partial charge in [-0.1, -0.05) is 141 Å². The fourth-order valence-corrected chi connectivity index (χ4v) is 9.14. The lowest BCUT2D eigenvalue weighted by Crippen LogP contribution is -2.15. The number of pyridine rings is 1. The van der Waals surface area contributed by atoms with Crippen molar-refractivity contribution in [2.24, 2.45) is 0 Å². The maximum atomic E-state index is 6.52. The molecule has 11 aromatic rings. The molecule has 12 rings (SSSR count). The number of aromatic nitrogens is 5. The normalized spacial score (nSPS) is 13.1. The van der Waals surface area contributed by atoms with Gasteiger partial charge in [0.05, 0.1) is 22.2 Å². The Balaban J connectivity index is 1.06. The van der Waals surface area contributed by atoms with E-state index in [9.17, 15) is 0 Å². The van der Waals surface area contributed by atoms with Crippen LogP contribution >= 0.6 is 0 Å². The number of benzene rings is 7. The van der Waals surface area contributed by atoms with E-state index in [-0.39, 0.29) is 5.41 Å². The van der Waals surface area contributed by atoms with Crippen LogP contribution in [0.3, 0.4) is 0 Å². The van der Waals surface area contributed by atoms with Crippen LogP contribution in [0.25, 0.3) is 106 Å². The number of hydrogen-bond acceptors (Lipinski definition) is 5. The first-order valence-electron chi connectivity index (χ1n) is 20.0. The second-order valence-corrected chi connectivity index (χ2v) is 15.9. The van der Waals surface area contributed by atoms with E-state index in [1.165, 1.54) is 16.7 Å². The van der Waals surface area contributed by atoms with Gasteiger partial charge in [0.15, 0.2) is 17.5 Å². The Morgan fingerprint density at radius 2 is 1.05 bits per heavy atom. The van der Waals surface area contributed by atoms with Gasteiger partial charge in [-0.2, -0.15) is 0 Å². The summed E-state index contributed by atoms with van der Waals surface area (Å²) in [5.74, 6) is 1.83. The van der Waals surface area contributed by atoms with Crippen LogP contribution in [0.4, 0.5) is 0 Å². The van der Waals surface area contributed by atoms with Crippen LogP contribution in [-0.4, -0.2) is 24.5 Å². The molecule has 0 radical (unpaired) electrons. The smallest absolute Gasteiger partial charge is 0.164 e. The molecule has 6 heteroatoms. The largest absolute Gasteiger partial charge is 0.456 e. The average molecular weight is 758 g/mol. The summed E-state index contributed by atoms with van der Waals surface area (Å²) >= 11 is 0. The van der Waals surface area contributed by atoms with E-state index >= 15 is 0 Å². The summed E-state index contributed by atoms with van der Waals surface area (Å²) in [4.78, 5) is 20.6. The zero-order valence-corrected chi connectivity index (χ0v) is 32.4. The molecule has 278 valence electrons. The molecule has 0 amide bonds. The quantitative estimate of drug-likeness (QED) is 0.175. The summed E-state index contributed by atoms with van der Waals surface area (Å²) < 4.78 is 8.88. The van der Waals surface area contributed by atoms with E-state index in [0.717, 1.165) is 83.1 Å². The van der Waals surface area contributed by atoms with Crippen molar-refractivity contribution in [2.75, 3.05) is 0 Å². The Morgan fingerprint density at radius 1 is 0.441 bits per heavy atom. The highest BCUT2D eigenvalue weighted by atomic mass is 16.3. The van der Waals surface area contributed by atoms with E-state index in [0.29, 0.717) is 17.5 Å². The van der Waals surface area contributed by atoms with Crippen molar-refractivity contribution in [3.63, 3.8) is 0 Å². The molecular weight excluding hydrogens is 723 g/mol. The predicted octanol–water partition coefficient (Wildman–Crippen LogP) is 13.2. The highest BCUT2D eigenvalue weighted by Gasteiger charge is 2.37. The monoisotopic (exact) mass is 757 g/mol. The number of hydrogen-bond donors (Lipinski definition) is 0. The van der Waals surface area contributed by atoms with Crippen LogP contribution in [0.1, 0.15) is 25.0 Å². The lowest BCUT2D eigenvalue weighted by atomic mass is 9.83. The molecule has 0 N–H and O–H groups in total. The van der Waals surface area contributed by atoms with Crippen molar-refractivity contribution < 1.29 is 4.42 Å². The Labute approximate surface area is 340 Å². The molecule has 1 aliphatic rings. The van der Waals surface area contributed by atoms with Crippen LogP contribution in [0.2, 0.25) is 0 Å². The Kier molecular flexibility index (Phi) is 7.17. The number of furan rings is 1. The van der Waals surface area contributed by atoms with Crippen LogP contribution < -0.4 is 0 Å². The van der Waals surface area contributed by atoms with Gasteiger partial charge >= 0.3 is 0 Å². The minimum absolute atomic E-state index is 0.161. The van der Waals surface area contributed by atoms with Crippen LogP contribution in [0, 0.1) is 0 Å². The molecule has 6 nitrogen and oxygen atoms in total. The molecule has 0 unspecified atom stereocenters. The molecule has 0 aliphatic heterocycles. The van der Waals surface area contributed by atoms with Crippen LogP contribution in [0.5, 0.6) is 0 Å². The van der Waals surface area contributed by atoms with Gasteiger partial charge in [0, 0.05) is 49.5 Å². The molecule has 0 saturated carbocycles. The molecule has 1 aliphatic carbocycles. The zero-order chi connectivity index (χ0) is 39.2. The first-order valence-corrected chi connectivity index (χ1v) is 20.0. The standard InChI is InChI=1S/C53H35N5O/c1-53(2)41-23-13-12-21-37(41)48-42(53)31-44-49(54-48)39-29-34(25-27-43(39)58(44)36-19-10-5-11-20-36)35-26-28-45-40(30-35)47-38(22-14-24-46(47)59-45)52-56-50(32-15-6-3-7-16-32)55-51(57-52)33-17-8-4-9-18-33/h3-31H,1-2H3. The minimum Gasteiger partial charge on any atom is -0.456 e. The molecule has 0 spiro atoms. The van der Waals surface area contributed by atoms with Crippen LogP contribution in [0.15, 0.2) is 180 Å². The molecule has 0 fully saturated rings. The SMILES string of the molecule is CC1(C)c2ccccc2-c2nc3c4cc(-c5ccc6oc7cccc(-c8nc(-c9ccccc9)nc(-c9ccccc9)n8)c7c6c5)ccc4n(-c4ccccc4)c3cc21. The molecule has 7 aromatic carbocycles. The van der Waals surface area contributed by atoms with Gasteiger partial charge < -0.3 is 8.98 Å². The van der Waals surface area contributed by atoms with E-state index in [4.69, 9.17) is 24.4 Å². The topological polar surface area (TPSA) is 69.6 Å². The van der Waals surface area contributed by atoms with E-state index in [1.807, 2.05) is 72.8 Å². The number of nitrogens with zero attached hydrogens (tertiary/aromatic N) is 5. The number of para-hydroxylation sites is 1. The molecule has 4 heterocycles. The first-order chi connectivity index (χ1) is 29.0. The van der Waals surface area contributed by atoms with Gasteiger partial charge in [-0.05, 0) is 70.8 Å². The van der Waals surface area contributed by atoms with E-state index in [2.05, 4.69) is 122 Å². The zero-order valence-electron chi connectivity index (χ0n) is 32.4. The maximum absolute atomic E-state index is 6.52. The van der Waals surface area contributed by atoms with Gasteiger partial charge in [0.25, 0.3) is 0 Å². The van der Waals surface area contributed by atoms with E-state index in [1.54, 1.807) is 0 Å². The van der Waals surface area contributed by atoms with Gasteiger partial charge in [0.2, 0.25) is 0 Å². The van der Waals surface area contributed by atoms with Crippen molar-refractivity contribution in [2.45, 2.75) is 19.3 Å². The van der Waals surface area contributed by atoms with E-state index < -0.39 is 0 Å². The van der Waals surface area contributed by atoms with Crippen molar-refractivity contribution >= 4 is 43.9 Å². The third-order valence-electron chi connectivity index (χ3n) is 12.0. The summed E-state index contributed by atoms with van der Waals surface area (Å²) in [6, 6.07) is 61.2. The van der Waals surface area contributed by atoms with Crippen molar-refractivity contribution in [1.82, 2.24) is 24.5 Å². The highest BCUT2D eigenvalue weighted by Crippen LogP contribution is 2.50. The fourth-order valence-electron chi connectivity index (χ4n) is 9.14. The lowest BCUT2D eigenvalue weighted by Gasteiger charge is -2.21. The summed E-state index contributed by atoms with van der Waals surface area (Å²) in [6.07, 6.45) is 0. The maximum Gasteiger partial charge on any atom is 0.164 e. The molecule has 0 bridgehead atoms. The number of fused-ring (bicyclic) bond motifs is 9. The van der Waals surface area contributed by atoms with Crippen molar-refractivity contribution in [3.05, 3.63) is 187 Å². The van der Waals surface area contributed by atoms with Gasteiger partial charge in [-0.25, -0.2) is 19.9 Å². The Morgan fingerprint density at radius 3 is 1.78 bits per heavy atom. The van der Waals surface area contributed by atoms with Crippen LogP contribution in [-0.2, 0) is 5.41 Å². The minimum atomic E-state index is -0.161. The predicted molar refractivity (Wildman–Crippen MR) is 239 cm³/mol. The summed E-state index contributed by atoms with van der Waals surface area (Å²) in [6.45, 7) is 4.62. The molecular formula is C53H35N5O. The summed E-state index contributed by atoms with van der Waals surface area (Å²) in [5, 5.41) is 3.07. The lowest BCUT2D eigenvalue weighted by molar-refractivity contribution is 0.660. The van der Waals surface area contributed by atoms with Gasteiger partial charge in [-0.15, -0.1) is 0 Å². The fraction of sp³-hybridized carbons (Fsp3) is 0.0566. The second-order valence-electron chi connectivity index (χ2n) is 15.9. The molecule has 59 heavy (non-hydrogen) atoms. The van der Waals surface area contributed by atoms with Crippen molar-refractivity contribution in [3.8, 4) is 62.2 Å². The Hall–Kier alpha value is -7.70. The average Bonchev–Trinajstić information content (AvgIpc) is 3.91. The molecule has 0 atom stereocenters. The summed E-state index contributed by atoms with van der Waals surface area (Å²) in [5.41, 5.74) is 15.5. The number of rotatable bonds is 5. The summed E-state index contributed by atoms with van der Waals surface area (Å²) in [7, 11) is 0. The molecule has 0 saturated heterocycles. The third kappa shape index (κ3) is 5.13. The Bertz CT molecular complexity index is 3400. The highest BCUT2D eigenvalue weighted by molar-refractivity contribution is 6.14. The second kappa shape index (κ2) is 12.7. The molecule has 4 aromatic heterocycles. The van der Waals surface area contributed by atoms with Gasteiger partial charge in [-0.3, -0.25) is 0 Å².